The average molecular weight is 368 g/mol. The molecule has 2 aromatic heterocycles. The minimum Gasteiger partial charge on any atom is -0.460 e. The number of nitrogens with two attached hydrogens (primary N) is 1. The second kappa shape index (κ2) is 8.30. The summed E-state index contributed by atoms with van der Waals surface area (Å²) in [5.74, 6) is 1.55. The highest BCUT2D eigenvalue weighted by Crippen LogP contribution is 2.31. The van der Waals surface area contributed by atoms with E-state index in [1.165, 1.54) is 24.8 Å². The van der Waals surface area contributed by atoms with Crippen LogP contribution in [0.15, 0.2) is 28.7 Å². The zero-order chi connectivity index (χ0) is 19.4. The summed E-state index contributed by atoms with van der Waals surface area (Å²) in [4.78, 5) is 4.63. The Morgan fingerprint density at radius 2 is 1.85 bits per heavy atom. The van der Waals surface area contributed by atoms with Crippen molar-refractivity contribution in [3.05, 3.63) is 35.6 Å². The predicted octanol–water partition coefficient (Wildman–Crippen LogP) is 5.62. The lowest BCUT2D eigenvalue weighted by Gasteiger charge is -2.20. The molecule has 0 saturated carbocycles. The Morgan fingerprint density at radius 1 is 1.04 bits per heavy atom. The first-order chi connectivity index (χ1) is 12.9. The van der Waals surface area contributed by atoms with Gasteiger partial charge >= 0.3 is 0 Å². The molecular formula is C23H33N3O. The van der Waals surface area contributed by atoms with Gasteiger partial charge in [0.2, 0.25) is 0 Å². The van der Waals surface area contributed by atoms with Crippen LogP contribution in [0.2, 0.25) is 0 Å². The zero-order valence-electron chi connectivity index (χ0n) is 17.2. The van der Waals surface area contributed by atoms with Crippen LogP contribution in [-0.2, 0) is 12.8 Å². The molecule has 0 spiro atoms. The first-order valence-electron chi connectivity index (χ1n) is 10.2. The maximum Gasteiger partial charge on any atom is 0.147 e. The molecule has 3 rings (SSSR count). The number of fused-ring (bicyclic) bond motifs is 3. The normalized spacial score (nSPS) is 12.3. The molecule has 0 amide bonds. The Bertz CT molecular complexity index is 905. The molecule has 146 valence electrons. The van der Waals surface area contributed by atoms with Gasteiger partial charge in [-0.15, -0.1) is 0 Å². The molecule has 0 fully saturated rings. The van der Waals surface area contributed by atoms with Gasteiger partial charge in [0.25, 0.3) is 0 Å². The Balaban J connectivity index is 1.67. The smallest absolute Gasteiger partial charge is 0.147 e. The number of pyridine rings is 1. The maximum absolute atomic E-state index is 6.19. The van der Waals surface area contributed by atoms with Crippen LogP contribution in [0, 0.1) is 0 Å². The van der Waals surface area contributed by atoms with Gasteiger partial charge < -0.3 is 15.5 Å². The van der Waals surface area contributed by atoms with Crippen LogP contribution in [0.3, 0.4) is 0 Å². The lowest BCUT2D eigenvalue weighted by molar-refractivity contribution is 0.417. The van der Waals surface area contributed by atoms with E-state index in [4.69, 9.17) is 10.2 Å². The monoisotopic (exact) mass is 367 g/mol. The lowest BCUT2D eigenvalue weighted by Crippen LogP contribution is -2.36. The van der Waals surface area contributed by atoms with E-state index in [1.54, 1.807) is 0 Å². The number of hydrogen-bond acceptors (Lipinski definition) is 4. The minimum absolute atomic E-state index is 0.206. The third-order valence-electron chi connectivity index (χ3n) is 4.90. The standard InChI is InChI=1S/C23H33N3O/c1-5-9-17-15-19-21(27-17)18-12-11-16(14-20(18)26-22(19)24)10-7-6-8-13-25-23(2,3)4/h11-12,14-15,25H,5-10,13H2,1-4H3,(H2,24,26). The molecule has 0 saturated heterocycles. The summed E-state index contributed by atoms with van der Waals surface area (Å²) < 4.78 is 6.07. The largest absolute Gasteiger partial charge is 0.460 e. The Hall–Kier alpha value is -2.07. The van der Waals surface area contributed by atoms with Gasteiger partial charge in [0.15, 0.2) is 0 Å². The van der Waals surface area contributed by atoms with E-state index < -0.39 is 0 Å². The summed E-state index contributed by atoms with van der Waals surface area (Å²) >= 11 is 0. The van der Waals surface area contributed by atoms with E-state index in [-0.39, 0.29) is 5.54 Å². The molecule has 4 nitrogen and oxygen atoms in total. The second-order valence-electron chi connectivity index (χ2n) is 8.54. The van der Waals surface area contributed by atoms with Crippen LogP contribution in [0.25, 0.3) is 21.9 Å². The second-order valence-corrected chi connectivity index (χ2v) is 8.54. The van der Waals surface area contributed by atoms with Crippen molar-refractivity contribution in [3.8, 4) is 0 Å². The van der Waals surface area contributed by atoms with Crippen molar-refractivity contribution in [3.63, 3.8) is 0 Å². The first-order valence-corrected chi connectivity index (χ1v) is 10.2. The number of rotatable bonds is 8. The lowest BCUT2D eigenvalue weighted by atomic mass is 10.0. The first kappa shape index (κ1) is 19.7. The number of aryl methyl sites for hydroxylation is 2. The van der Waals surface area contributed by atoms with Gasteiger partial charge in [-0.1, -0.05) is 19.4 Å². The fraction of sp³-hybridized carbons (Fsp3) is 0.522. The van der Waals surface area contributed by atoms with Crippen molar-refractivity contribution >= 4 is 27.7 Å². The molecule has 2 heterocycles. The number of aromatic nitrogens is 1. The van der Waals surface area contributed by atoms with Crippen molar-refractivity contribution < 1.29 is 4.42 Å². The van der Waals surface area contributed by atoms with E-state index in [0.29, 0.717) is 5.82 Å². The SMILES string of the molecule is CCCc1cc2c(N)nc3cc(CCCCCNC(C)(C)C)ccc3c2o1. The van der Waals surface area contributed by atoms with Gasteiger partial charge in [-0.3, -0.25) is 0 Å². The van der Waals surface area contributed by atoms with E-state index in [9.17, 15) is 0 Å². The summed E-state index contributed by atoms with van der Waals surface area (Å²) in [6.45, 7) is 9.86. The number of nitrogen functional groups attached to an aromatic ring is 1. The van der Waals surface area contributed by atoms with Crippen molar-refractivity contribution in [1.29, 1.82) is 0 Å². The molecule has 0 aliphatic rings. The molecule has 3 N–H and O–H groups in total. The molecule has 0 aliphatic carbocycles. The van der Waals surface area contributed by atoms with Gasteiger partial charge in [0, 0.05) is 17.3 Å². The third kappa shape index (κ3) is 5.01. The van der Waals surface area contributed by atoms with Crippen LogP contribution < -0.4 is 11.1 Å². The van der Waals surface area contributed by atoms with Gasteiger partial charge in [0.1, 0.15) is 17.2 Å². The topological polar surface area (TPSA) is 64.1 Å². The number of nitrogens with zero attached hydrogens (tertiary/aromatic N) is 1. The quantitative estimate of drug-likeness (QED) is 0.507. The predicted molar refractivity (Wildman–Crippen MR) is 115 cm³/mol. The van der Waals surface area contributed by atoms with Gasteiger partial charge in [0.05, 0.1) is 10.9 Å². The van der Waals surface area contributed by atoms with Crippen LogP contribution in [0.4, 0.5) is 5.82 Å². The fourth-order valence-electron chi connectivity index (χ4n) is 3.50. The number of unbranched alkanes of at least 4 members (excludes halogenated alkanes) is 2. The molecule has 4 heteroatoms. The molecule has 0 aliphatic heterocycles. The summed E-state index contributed by atoms with van der Waals surface area (Å²) in [7, 11) is 0. The van der Waals surface area contributed by atoms with Crippen LogP contribution >= 0.6 is 0 Å². The van der Waals surface area contributed by atoms with Gasteiger partial charge in [-0.2, -0.15) is 0 Å². The van der Waals surface area contributed by atoms with E-state index in [2.05, 4.69) is 56.2 Å². The van der Waals surface area contributed by atoms with Crippen LogP contribution in [0.1, 0.15) is 64.7 Å². The summed E-state index contributed by atoms with van der Waals surface area (Å²) in [6.07, 6.45) is 6.69. The number of furan rings is 1. The fourth-order valence-corrected chi connectivity index (χ4v) is 3.50. The van der Waals surface area contributed by atoms with E-state index in [1.807, 2.05) is 6.07 Å². The molecule has 27 heavy (non-hydrogen) atoms. The molecule has 0 atom stereocenters. The summed E-state index contributed by atoms with van der Waals surface area (Å²) in [6, 6.07) is 8.55. The average Bonchev–Trinajstić information content (AvgIpc) is 3.02. The highest BCUT2D eigenvalue weighted by molar-refractivity contribution is 6.06. The minimum atomic E-state index is 0.206. The molecule has 0 bridgehead atoms. The van der Waals surface area contributed by atoms with Crippen molar-refractivity contribution in [2.45, 2.75) is 71.8 Å². The van der Waals surface area contributed by atoms with Crippen molar-refractivity contribution in [2.75, 3.05) is 12.3 Å². The third-order valence-corrected chi connectivity index (χ3v) is 4.90. The number of nitrogens with one attached hydrogen (secondary N) is 1. The van der Waals surface area contributed by atoms with Crippen LogP contribution in [0.5, 0.6) is 0 Å². The molecule has 3 aromatic rings. The highest BCUT2D eigenvalue weighted by Gasteiger charge is 2.12. The van der Waals surface area contributed by atoms with Gasteiger partial charge in [-0.05, 0) is 76.8 Å². The summed E-state index contributed by atoms with van der Waals surface area (Å²) in [5.41, 5.74) is 9.53. The molecular weight excluding hydrogens is 334 g/mol. The molecule has 1 aromatic carbocycles. The highest BCUT2D eigenvalue weighted by atomic mass is 16.3. The van der Waals surface area contributed by atoms with Crippen molar-refractivity contribution in [1.82, 2.24) is 10.3 Å². The van der Waals surface area contributed by atoms with Crippen molar-refractivity contribution in [2.24, 2.45) is 0 Å². The zero-order valence-corrected chi connectivity index (χ0v) is 17.2. The number of benzene rings is 1. The Morgan fingerprint density at radius 3 is 2.59 bits per heavy atom. The van der Waals surface area contributed by atoms with Crippen LogP contribution in [-0.4, -0.2) is 17.1 Å². The summed E-state index contributed by atoms with van der Waals surface area (Å²) in [5, 5.41) is 5.54. The number of hydrogen-bond donors (Lipinski definition) is 2. The van der Waals surface area contributed by atoms with Gasteiger partial charge in [-0.25, -0.2) is 4.98 Å². The van der Waals surface area contributed by atoms with E-state index in [0.717, 1.165) is 53.4 Å². The Labute approximate surface area is 162 Å². The molecule has 0 radical (unpaired) electrons. The van der Waals surface area contributed by atoms with E-state index >= 15 is 0 Å². The maximum atomic E-state index is 6.19. The Kier molecular flexibility index (Phi) is 6.05. The number of anilines is 1. The molecule has 0 unspecified atom stereocenters.